The molecule has 1 aliphatic carbocycles. The lowest BCUT2D eigenvalue weighted by molar-refractivity contribution is -0.146. The number of esters is 1. The number of rotatable bonds is 7. The highest BCUT2D eigenvalue weighted by atomic mass is 16.5. The molecule has 1 atom stereocenters. The molecule has 9 nitrogen and oxygen atoms in total. The first kappa shape index (κ1) is 21.1. The zero-order valence-corrected chi connectivity index (χ0v) is 18.3. The van der Waals surface area contributed by atoms with Gasteiger partial charge in [-0.05, 0) is 67.2 Å². The first-order valence-corrected chi connectivity index (χ1v) is 10.9. The summed E-state index contributed by atoms with van der Waals surface area (Å²) >= 11 is 0. The molecule has 1 aliphatic heterocycles. The number of fused-ring (bicyclic) bond motifs is 1. The number of aromatic nitrogens is 4. The fourth-order valence-electron chi connectivity index (χ4n) is 4.17. The smallest absolute Gasteiger partial charge is 0.338 e. The Labute approximate surface area is 181 Å². The molecule has 0 saturated heterocycles. The lowest BCUT2D eigenvalue weighted by atomic mass is 9.94. The van der Waals surface area contributed by atoms with Gasteiger partial charge in [0.05, 0.1) is 19.3 Å². The fraction of sp³-hybridized carbons (Fsp3) is 0.545. The van der Waals surface area contributed by atoms with Crippen LogP contribution in [0.5, 0.6) is 11.5 Å². The van der Waals surface area contributed by atoms with E-state index in [9.17, 15) is 4.79 Å². The van der Waals surface area contributed by atoms with Gasteiger partial charge in [-0.1, -0.05) is 24.5 Å². The summed E-state index contributed by atoms with van der Waals surface area (Å²) in [5, 5.41) is 15.1. The number of methoxy groups -OCH3 is 1. The third-order valence-corrected chi connectivity index (χ3v) is 5.73. The Kier molecular flexibility index (Phi) is 6.39. The van der Waals surface area contributed by atoms with Crippen molar-refractivity contribution in [1.29, 1.82) is 0 Å². The van der Waals surface area contributed by atoms with Crippen LogP contribution in [0.15, 0.2) is 29.5 Å². The van der Waals surface area contributed by atoms with E-state index in [-0.39, 0.29) is 12.1 Å². The minimum atomic E-state index is -0.531. The third kappa shape index (κ3) is 4.35. The number of nitrogens with one attached hydrogen (secondary N) is 1. The van der Waals surface area contributed by atoms with Crippen molar-refractivity contribution in [2.45, 2.75) is 64.5 Å². The van der Waals surface area contributed by atoms with Gasteiger partial charge in [0.25, 0.3) is 0 Å². The summed E-state index contributed by atoms with van der Waals surface area (Å²) in [4.78, 5) is 13.3. The van der Waals surface area contributed by atoms with Gasteiger partial charge in [0, 0.05) is 5.70 Å². The van der Waals surface area contributed by atoms with Crippen LogP contribution in [-0.4, -0.2) is 46.0 Å². The molecule has 0 radical (unpaired) electrons. The molecule has 0 spiro atoms. The van der Waals surface area contributed by atoms with E-state index in [0.29, 0.717) is 35.3 Å². The number of allylic oxidation sites excluding steroid dienone is 1. The molecule has 0 amide bonds. The monoisotopic (exact) mass is 427 g/mol. The molecule has 1 aromatic carbocycles. The van der Waals surface area contributed by atoms with E-state index in [1.54, 1.807) is 11.8 Å². The van der Waals surface area contributed by atoms with Crippen molar-refractivity contribution in [3.63, 3.8) is 0 Å². The number of nitrogens with zero attached hydrogens (tertiary/aromatic N) is 4. The maximum absolute atomic E-state index is 13.3. The van der Waals surface area contributed by atoms with Crippen molar-refractivity contribution >= 4 is 11.9 Å². The van der Waals surface area contributed by atoms with E-state index in [1.165, 1.54) is 6.42 Å². The van der Waals surface area contributed by atoms with Crippen LogP contribution in [0.3, 0.4) is 0 Å². The lowest BCUT2D eigenvalue weighted by Crippen LogP contribution is -2.32. The van der Waals surface area contributed by atoms with Gasteiger partial charge in [0.2, 0.25) is 5.95 Å². The normalized spacial score (nSPS) is 18.9. The van der Waals surface area contributed by atoms with E-state index in [2.05, 4.69) is 20.8 Å². The van der Waals surface area contributed by atoms with Crippen molar-refractivity contribution in [2.75, 3.05) is 19.0 Å². The molecule has 2 heterocycles. The van der Waals surface area contributed by atoms with Crippen LogP contribution < -0.4 is 14.8 Å². The molecule has 1 unspecified atom stereocenters. The number of carbonyl (C=O) groups is 1. The van der Waals surface area contributed by atoms with Gasteiger partial charge < -0.3 is 19.5 Å². The number of anilines is 1. The van der Waals surface area contributed by atoms with Crippen molar-refractivity contribution in [3.05, 3.63) is 35.0 Å². The molecule has 166 valence electrons. The number of hydrogen-bond acceptors (Lipinski definition) is 8. The molecule has 1 saturated carbocycles. The molecule has 2 aliphatic rings. The maximum Gasteiger partial charge on any atom is 0.338 e. The summed E-state index contributed by atoms with van der Waals surface area (Å²) in [7, 11) is 1.60. The van der Waals surface area contributed by atoms with Crippen LogP contribution in [0, 0.1) is 0 Å². The molecular formula is C22H29N5O4. The molecule has 1 N–H and O–H groups in total. The highest BCUT2D eigenvalue weighted by Gasteiger charge is 2.36. The van der Waals surface area contributed by atoms with Crippen molar-refractivity contribution in [3.8, 4) is 11.5 Å². The van der Waals surface area contributed by atoms with Gasteiger partial charge in [-0.3, -0.25) is 0 Å². The minimum absolute atomic E-state index is 0.0446. The van der Waals surface area contributed by atoms with Crippen LogP contribution in [0.25, 0.3) is 0 Å². The van der Waals surface area contributed by atoms with Gasteiger partial charge in [0.1, 0.15) is 12.1 Å². The van der Waals surface area contributed by atoms with Gasteiger partial charge in [-0.25, -0.2) is 4.79 Å². The third-order valence-electron chi connectivity index (χ3n) is 5.73. The highest BCUT2D eigenvalue weighted by Crippen LogP contribution is 2.39. The second-order valence-electron chi connectivity index (χ2n) is 7.94. The molecule has 1 aromatic heterocycles. The van der Waals surface area contributed by atoms with E-state index in [1.807, 2.05) is 32.0 Å². The summed E-state index contributed by atoms with van der Waals surface area (Å²) in [6.45, 7) is 4.49. The van der Waals surface area contributed by atoms with E-state index in [4.69, 9.17) is 14.2 Å². The zero-order chi connectivity index (χ0) is 21.8. The second kappa shape index (κ2) is 9.36. The molecule has 2 aromatic rings. The van der Waals surface area contributed by atoms with Gasteiger partial charge in [0.15, 0.2) is 11.5 Å². The molecule has 1 fully saturated rings. The molecule has 9 heteroatoms. The summed E-state index contributed by atoms with van der Waals surface area (Å²) in [5.74, 6) is 1.39. The number of benzene rings is 1. The summed E-state index contributed by atoms with van der Waals surface area (Å²) in [5.41, 5.74) is 1.98. The average molecular weight is 428 g/mol. The minimum Gasteiger partial charge on any atom is -0.493 e. The summed E-state index contributed by atoms with van der Waals surface area (Å²) < 4.78 is 18.8. The number of ether oxygens (including phenoxy) is 3. The van der Waals surface area contributed by atoms with E-state index in [0.717, 1.165) is 37.7 Å². The largest absolute Gasteiger partial charge is 0.493 e. The number of hydrogen-bond donors (Lipinski definition) is 1. The average Bonchev–Trinajstić information content (AvgIpc) is 3.25. The van der Waals surface area contributed by atoms with Crippen LogP contribution in [-0.2, 0) is 9.53 Å². The summed E-state index contributed by atoms with van der Waals surface area (Å²) in [6, 6.07) is 5.11. The molecule has 4 rings (SSSR count). The first-order valence-electron chi connectivity index (χ1n) is 10.9. The lowest BCUT2D eigenvalue weighted by Gasteiger charge is -2.29. The van der Waals surface area contributed by atoms with Crippen LogP contribution >= 0.6 is 0 Å². The number of tetrazole rings is 1. The second-order valence-corrected chi connectivity index (χ2v) is 7.94. The predicted octanol–water partition coefficient (Wildman–Crippen LogP) is 3.64. The zero-order valence-electron chi connectivity index (χ0n) is 18.3. The van der Waals surface area contributed by atoms with Crippen molar-refractivity contribution < 1.29 is 19.0 Å². The van der Waals surface area contributed by atoms with Crippen LogP contribution in [0.1, 0.15) is 64.0 Å². The maximum atomic E-state index is 13.3. The van der Waals surface area contributed by atoms with Gasteiger partial charge in [-0.15, -0.1) is 0 Å². The van der Waals surface area contributed by atoms with Crippen molar-refractivity contribution in [1.82, 2.24) is 20.2 Å². The Morgan fingerprint density at radius 3 is 2.77 bits per heavy atom. The Bertz CT molecular complexity index is 965. The molecule has 31 heavy (non-hydrogen) atoms. The van der Waals surface area contributed by atoms with Crippen molar-refractivity contribution in [2.24, 2.45) is 0 Å². The molecule has 0 bridgehead atoms. The predicted molar refractivity (Wildman–Crippen MR) is 114 cm³/mol. The Morgan fingerprint density at radius 2 is 2.03 bits per heavy atom. The van der Waals surface area contributed by atoms with E-state index < -0.39 is 6.04 Å². The highest BCUT2D eigenvalue weighted by molar-refractivity contribution is 5.92. The quantitative estimate of drug-likeness (QED) is 0.669. The Morgan fingerprint density at radius 1 is 1.23 bits per heavy atom. The van der Waals surface area contributed by atoms with Gasteiger partial charge in [-0.2, -0.15) is 4.68 Å². The SMILES string of the molecule is CCCOc1ccc(C2C(C(=O)OC3CCCCC3)=C(C)Nc3nnnn32)cc1OC. The first-order chi connectivity index (χ1) is 15.1. The fourth-order valence-corrected chi connectivity index (χ4v) is 4.17. The standard InChI is InChI=1S/C22H29N5O4/c1-4-12-30-17-11-10-15(13-18(17)29-3)20-19(14(2)23-22-24-25-26-27(20)22)21(28)31-16-8-6-5-7-9-16/h10-11,13,16,20H,4-9,12H2,1-3H3,(H,23,24,26). The van der Waals surface area contributed by atoms with E-state index >= 15 is 0 Å². The summed E-state index contributed by atoms with van der Waals surface area (Å²) in [6.07, 6.45) is 6.03. The topological polar surface area (TPSA) is 100 Å². The van der Waals surface area contributed by atoms with Crippen LogP contribution in [0.4, 0.5) is 5.95 Å². The number of carbonyl (C=O) groups excluding carboxylic acids is 1. The van der Waals surface area contributed by atoms with Gasteiger partial charge >= 0.3 is 5.97 Å². The van der Waals surface area contributed by atoms with Crippen LogP contribution in [0.2, 0.25) is 0 Å². The Hall–Kier alpha value is -3.10. The molecular weight excluding hydrogens is 398 g/mol. The Balaban J connectivity index is 1.69.